The number of nitrogens with one attached hydrogen (secondary N) is 1. The van der Waals surface area contributed by atoms with E-state index in [0.29, 0.717) is 17.2 Å². The number of carboxylic acids is 1. The van der Waals surface area contributed by atoms with Crippen molar-refractivity contribution in [1.82, 2.24) is 4.90 Å². The topological polar surface area (TPSA) is 86.7 Å². The Labute approximate surface area is 162 Å². The Morgan fingerprint density at radius 1 is 1.04 bits per heavy atom. The molecule has 0 unspecified atom stereocenters. The minimum atomic E-state index is -1.27. The van der Waals surface area contributed by atoms with Crippen LogP contribution >= 0.6 is 0 Å². The quantitative estimate of drug-likeness (QED) is 0.842. The molecular formula is C21H21FN2O4. The predicted octanol–water partition coefficient (Wildman–Crippen LogP) is 3.65. The Morgan fingerprint density at radius 3 is 2.21 bits per heavy atom. The first-order valence-corrected chi connectivity index (χ1v) is 9.08. The normalized spacial score (nSPS) is 14.6. The maximum absolute atomic E-state index is 14.0. The smallest absolute Gasteiger partial charge is 0.335 e. The number of nitrogens with zero attached hydrogens (tertiary/aromatic N) is 1. The Hall–Kier alpha value is -3.22. The Bertz CT molecular complexity index is 903. The van der Waals surface area contributed by atoms with Gasteiger partial charge in [0.1, 0.15) is 5.82 Å². The van der Waals surface area contributed by atoms with E-state index in [0.717, 1.165) is 38.1 Å². The third kappa shape index (κ3) is 4.36. The van der Waals surface area contributed by atoms with Crippen molar-refractivity contribution in [3.63, 3.8) is 0 Å². The summed E-state index contributed by atoms with van der Waals surface area (Å²) in [5.41, 5.74) is 0.455. The van der Waals surface area contributed by atoms with Gasteiger partial charge in [-0.05, 0) is 61.2 Å². The van der Waals surface area contributed by atoms with Gasteiger partial charge in [-0.25, -0.2) is 9.18 Å². The van der Waals surface area contributed by atoms with Gasteiger partial charge < -0.3 is 15.3 Å². The van der Waals surface area contributed by atoms with Gasteiger partial charge in [0.2, 0.25) is 0 Å². The summed E-state index contributed by atoms with van der Waals surface area (Å²) in [6, 6.07) is 9.52. The van der Waals surface area contributed by atoms with Gasteiger partial charge in [0.25, 0.3) is 11.8 Å². The van der Waals surface area contributed by atoms with E-state index in [1.807, 2.05) is 4.90 Å². The molecule has 1 aliphatic heterocycles. The number of carbonyl (C=O) groups excluding carboxylic acids is 2. The molecule has 2 amide bonds. The molecule has 7 heteroatoms. The number of anilines is 1. The average Bonchev–Trinajstić information content (AvgIpc) is 2.68. The van der Waals surface area contributed by atoms with E-state index in [-0.39, 0.29) is 17.0 Å². The van der Waals surface area contributed by atoms with Crippen LogP contribution in [0.2, 0.25) is 0 Å². The summed E-state index contributed by atoms with van der Waals surface area (Å²) in [5.74, 6) is -2.29. The van der Waals surface area contributed by atoms with Crippen molar-refractivity contribution < 1.29 is 23.9 Å². The molecule has 0 bridgehead atoms. The second kappa shape index (κ2) is 8.21. The van der Waals surface area contributed by atoms with E-state index >= 15 is 0 Å². The molecule has 0 radical (unpaired) electrons. The highest BCUT2D eigenvalue weighted by Crippen LogP contribution is 2.20. The number of rotatable bonds is 4. The summed E-state index contributed by atoms with van der Waals surface area (Å²) in [6.07, 6.45) is 1.98. The highest BCUT2D eigenvalue weighted by molar-refractivity contribution is 6.05. The van der Waals surface area contributed by atoms with Gasteiger partial charge in [0.15, 0.2) is 0 Å². The molecule has 0 atom stereocenters. The summed E-state index contributed by atoms with van der Waals surface area (Å²) in [5, 5.41) is 11.4. The number of likely N-dealkylation sites (tertiary alicyclic amines) is 1. The largest absolute Gasteiger partial charge is 0.478 e. The minimum absolute atomic E-state index is 0.0416. The van der Waals surface area contributed by atoms with Gasteiger partial charge in [-0.3, -0.25) is 9.59 Å². The first-order chi connectivity index (χ1) is 13.3. The summed E-state index contributed by atoms with van der Waals surface area (Å²) in [7, 11) is 0. The molecule has 146 valence electrons. The first kappa shape index (κ1) is 19.5. The zero-order valence-electron chi connectivity index (χ0n) is 15.4. The van der Waals surface area contributed by atoms with Crippen molar-refractivity contribution in [1.29, 1.82) is 0 Å². The van der Waals surface area contributed by atoms with Crippen molar-refractivity contribution >= 4 is 23.5 Å². The first-order valence-electron chi connectivity index (χ1n) is 9.08. The number of aromatic carboxylic acids is 1. The fraction of sp³-hybridized carbons (Fsp3) is 0.286. The van der Waals surface area contributed by atoms with Crippen LogP contribution in [0, 0.1) is 11.7 Å². The molecular weight excluding hydrogens is 363 g/mol. The monoisotopic (exact) mass is 384 g/mol. The molecule has 1 heterocycles. The third-order valence-corrected chi connectivity index (χ3v) is 4.92. The van der Waals surface area contributed by atoms with Gasteiger partial charge in [0, 0.05) is 24.3 Å². The van der Waals surface area contributed by atoms with Crippen LogP contribution in [0.4, 0.5) is 10.1 Å². The minimum Gasteiger partial charge on any atom is -0.478 e. The van der Waals surface area contributed by atoms with Crippen molar-refractivity contribution in [3.8, 4) is 0 Å². The molecule has 0 aliphatic carbocycles. The second-order valence-corrected chi connectivity index (χ2v) is 7.01. The van der Waals surface area contributed by atoms with Crippen molar-refractivity contribution in [2.45, 2.75) is 19.8 Å². The number of hydrogen-bond acceptors (Lipinski definition) is 3. The Balaban J connectivity index is 1.66. The molecule has 0 aromatic heterocycles. The second-order valence-electron chi connectivity index (χ2n) is 7.01. The highest BCUT2D eigenvalue weighted by Gasteiger charge is 2.21. The zero-order chi connectivity index (χ0) is 20.3. The van der Waals surface area contributed by atoms with Crippen LogP contribution in [-0.2, 0) is 0 Å². The lowest BCUT2D eigenvalue weighted by Gasteiger charge is -2.30. The fourth-order valence-corrected chi connectivity index (χ4v) is 3.12. The van der Waals surface area contributed by atoms with E-state index in [9.17, 15) is 18.8 Å². The SMILES string of the molecule is CC1CCN(C(=O)c2ccc(NC(=O)c3ccc(C(=O)O)cc3F)cc2)CC1. The molecule has 2 aromatic rings. The van der Waals surface area contributed by atoms with Gasteiger partial charge in [-0.2, -0.15) is 0 Å². The molecule has 1 aliphatic rings. The van der Waals surface area contributed by atoms with Gasteiger partial charge in [0.05, 0.1) is 11.1 Å². The third-order valence-electron chi connectivity index (χ3n) is 4.92. The number of halogens is 1. The number of piperidine rings is 1. The van der Waals surface area contributed by atoms with Crippen molar-refractivity contribution in [2.24, 2.45) is 5.92 Å². The molecule has 28 heavy (non-hydrogen) atoms. The molecule has 3 rings (SSSR count). The number of amides is 2. The molecule has 2 N–H and O–H groups in total. The van der Waals surface area contributed by atoms with Crippen LogP contribution in [0.5, 0.6) is 0 Å². The van der Waals surface area contributed by atoms with Gasteiger partial charge in [-0.1, -0.05) is 6.92 Å². The van der Waals surface area contributed by atoms with Gasteiger partial charge in [-0.15, -0.1) is 0 Å². The molecule has 1 fully saturated rings. The molecule has 2 aromatic carbocycles. The van der Waals surface area contributed by atoms with E-state index in [1.54, 1.807) is 24.3 Å². The van der Waals surface area contributed by atoms with E-state index in [1.165, 1.54) is 6.07 Å². The lowest BCUT2D eigenvalue weighted by molar-refractivity contribution is 0.0687. The van der Waals surface area contributed by atoms with Crippen LogP contribution < -0.4 is 5.32 Å². The van der Waals surface area contributed by atoms with E-state index in [2.05, 4.69) is 12.2 Å². The number of carbonyl (C=O) groups is 3. The van der Waals surface area contributed by atoms with Crippen LogP contribution in [0.25, 0.3) is 0 Å². The molecule has 1 saturated heterocycles. The summed E-state index contributed by atoms with van der Waals surface area (Å²) in [6.45, 7) is 3.66. The number of benzene rings is 2. The van der Waals surface area contributed by atoms with Crippen LogP contribution in [0.15, 0.2) is 42.5 Å². The summed E-state index contributed by atoms with van der Waals surface area (Å²) in [4.78, 5) is 37.4. The maximum Gasteiger partial charge on any atom is 0.335 e. The van der Waals surface area contributed by atoms with Crippen LogP contribution in [0.1, 0.15) is 50.8 Å². The van der Waals surface area contributed by atoms with Crippen molar-refractivity contribution in [3.05, 3.63) is 65.0 Å². The lowest BCUT2D eigenvalue weighted by atomic mass is 9.98. The number of carboxylic acid groups (broad SMARTS) is 1. The molecule has 0 saturated carbocycles. The summed E-state index contributed by atoms with van der Waals surface area (Å²) >= 11 is 0. The summed E-state index contributed by atoms with van der Waals surface area (Å²) < 4.78 is 14.0. The fourth-order valence-electron chi connectivity index (χ4n) is 3.12. The van der Waals surface area contributed by atoms with E-state index in [4.69, 9.17) is 5.11 Å². The van der Waals surface area contributed by atoms with Crippen molar-refractivity contribution in [2.75, 3.05) is 18.4 Å². The van der Waals surface area contributed by atoms with E-state index < -0.39 is 17.7 Å². The lowest BCUT2D eigenvalue weighted by Crippen LogP contribution is -2.37. The van der Waals surface area contributed by atoms with Gasteiger partial charge >= 0.3 is 5.97 Å². The average molecular weight is 384 g/mol. The Kier molecular flexibility index (Phi) is 5.73. The van der Waals surface area contributed by atoms with Crippen LogP contribution in [-0.4, -0.2) is 40.9 Å². The Morgan fingerprint density at radius 2 is 1.64 bits per heavy atom. The highest BCUT2D eigenvalue weighted by atomic mass is 19.1. The predicted molar refractivity (Wildman–Crippen MR) is 102 cm³/mol. The maximum atomic E-state index is 14.0. The van der Waals surface area contributed by atoms with Crippen LogP contribution in [0.3, 0.4) is 0 Å². The molecule has 6 nitrogen and oxygen atoms in total. The molecule has 0 spiro atoms. The number of hydrogen-bond donors (Lipinski definition) is 2. The standard InChI is InChI=1S/C21H21FN2O4/c1-13-8-10-24(11-9-13)20(26)14-2-5-16(6-3-14)23-19(25)17-7-4-15(21(27)28)12-18(17)22/h2-7,12-13H,8-11H2,1H3,(H,23,25)(H,27,28). The zero-order valence-corrected chi connectivity index (χ0v) is 15.4.